The molecule has 2 unspecified atom stereocenters. The number of nitrogens with zero attached hydrogens (tertiary/aromatic N) is 1. The molecule has 112 valence electrons. The zero-order valence-corrected chi connectivity index (χ0v) is 13.3. The van der Waals surface area contributed by atoms with Crippen LogP contribution in [-0.4, -0.2) is 31.9 Å². The lowest BCUT2D eigenvalue weighted by Crippen LogP contribution is -2.39. The highest BCUT2D eigenvalue weighted by molar-refractivity contribution is 7.89. The molecule has 1 aliphatic rings. The van der Waals surface area contributed by atoms with Gasteiger partial charge in [-0.2, -0.15) is 4.31 Å². The smallest absolute Gasteiger partial charge is 0.243 e. The number of hydrogen-bond acceptors (Lipinski definition) is 3. The topological polar surface area (TPSA) is 49.4 Å². The predicted octanol–water partition coefficient (Wildman–Crippen LogP) is 2.36. The number of nitrogens with one attached hydrogen (secondary N) is 1. The van der Waals surface area contributed by atoms with E-state index in [9.17, 15) is 8.42 Å². The van der Waals surface area contributed by atoms with Crippen LogP contribution in [-0.2, 0) is 16.6 Å². The van der Waals surface area contributed by atoms with Gasteiger partial charge in [0.1, 0.15) is 0 Å². The van der Waals surface area contributed by atoms with E-state index < -0.39 is 10.0 Å². The van der Waals surface area contributed by atoms with Gasteiger partial charge in [0.15, 0.2) is 0 Å². The van der Waals surface area contributed by atoms with Gasteiger partial charge in [-0.1, -0.05) is 19.1 Å². The van der Waals surface area contributed by atoms with Crippen molar-refractivity contribution in [3.8, 4) is 0 Å². The lowest BCUT2D eigenvalue weighted by molar-refractivity contribution is 0.328. The van der Waals surface area contributed by atoms with Crippen molar-refractivity contribution in [2.24, 2.45) is 0 Å². The summed E-state index contributed by atoms with van der Waals surface area (Å²) in [5.74, 6) is 0. The summed E-state index contributed by atoms with van der Waals surface area (Å²) in [6.45, 7) is 4.81. The van der Waals surface area contributed by atoms with E-state index in [1.54, 1.807) is 16.4 Å². The maximum Gasteiger partial charge on any atom is 0.243 e. The van der Waals surface area contributed by atoms with E-state index in [0.29, 0.717) is 4.90 Å². The summed E-state index contributed by atoms with van der Waals surface area (Å²) in [5.41, 5.74) is 1.09. The molecule has 0 radical (unpaired) electrons. The van der Waals surface area contributed by atoms with Gasteiger partial charge >= 0.3 is 0 Å². The lowest BCUT2D eigenvalue weighted by atomic mass is 10.2. The Hall–Kier alpha value is -0.910. The molecule has 1 aromatic carbocycles. The third kappa shape index (κ3) is 2.90. The third-order valence-electron chi connectivity index (χ3n) is 4.06. The highest BCUT2D eigenvalue weighted by atomic mass is 32.2. The highest BCUT2D eigenvalue weighted by Gasteiger charge is 2.38. The zero-order valence-electron chi connectivity index (χ0n) is 12.5. The maximum absolute atomic E-state index is 12.8. The van der Waals surface area contributed by atoms with Crippen LogP contribution >= 0.6 is 0 Å². The number of benzene rings is 1. The molecule has 5 heteroatoms. The average molecular weight is 296 g/mol. The summed E-state index contributed by atoms with van der Waals surface area (Å²) in [6, 6.07) is 7.45. The van der Waals surface area contributed by atoms with Gasteiger partial charge in [-0.3, -0.25) is 0 Å². The van der Waals surface area contributed by atoms with Crippen LogP contribution in [0.2, 0.25) is 0 Å². The fourth-order valence-corrected chi connectivity index (χ4v) is 4.92. The van der Waals surface area contributed by atoms with Crippen molar-refractivity contribution < 1.29 is 8.42 Å². The summed E-state index contributed by atoms with van der Waals surface area (Å²) in [5, 5.41) is 3.06. The molecule has 2 atom stereocenters. The first-order valence-corrected chi connectivity index (χ1v) is 8.71. The SMILES string of the molecule is CCC1CCC(C)N1S(=O)(=O)c1ccc(CNC)cc1. The Labute approximate surface area is 122 Å². The van der Waals surface area contributed by atoms with E-state index in [-0.39, 0.29) is 12.1 Å². The lowest BCUT2D eigenvalue weighted by Gasteiger charge is -2.27. The molecule has 0 amide bonds. The van der Waals surface area contributed by atoms with Gasteiger partial charge in [0.25, 0.3) is 0 Å². The zero-order chi connectivity index (χ0) is 14.8. The van der Waals surface area contributed by atoms with E-state index in [1.165, 1.54) is 0 Å². The second-order valence-corrected chi connectivity index (χ2v) is 7.34. The molecular formula is C15H24N2O2S. The van der Waals surface area contributed by atoms with Crippen molar-refractivity contribution in [1.29, 1.82) is 0 Å². The Morgan fingerprint density at radius 3 is 2.45 bits per heavy atom. The van der Waals surface area contributed by atoms with E-state index in [4.69, 9.17) is 0 Å². The monoisotopic (exact) mass is 296 g/mol. The molecule has 1 aliphatic heterocycles. The molecule has 1 saturated heterocycles. The molecule has 20 heavy (non-hydrogen) atoms. The summed E-state index contributed by atoms with van der Waals surface area (Å²) < 4.78 is 27.3. The molecule has 0 spiro atoms. The van der Waals surface area contributed by atoms with Crippen molar-refractivity contribution in [2.45, 2.75) is 56.6 Å². The first-order chi connectivity index (χ1) is 9.50. The molecular weight excluding hydrogens is 272 g/mol. The Balaban J connectivity index is 2.29. The van der Waals surface area contributed by atoms with Crippen LogP contribution in [0.25, 0.3) is 0 Å². The van der Waals surface area contributed by atoms with Crippen LogP contribution in [0.4, 0.5) is 0 Å². The Kier molecular flexibility index (Phi) is 4.83. The van der Waals surface area contributed by atoms with Crippen LogP contribution in [0.1, 0.15) is 38.7 Å². The standard InChI is InChI=1S/C15H24N2O2S/c1-4-14-8-5-12(2)17(14)20(18,19)15-9-6-13(7-10-15)11-16-3/h6-7,9-10,12,14,16H,4-5,8,11H2,1-3H3. The molecule has 2 rings (SSSR count). The van der Waals surface area contributed by atoms with Gasteiger partial charge in [-0.05, 0) is 50.9 Å². The second-order valence-electron chi connectivity index (χ2n) is 5.50. The van der Waals surface area contributed by atoms with E-state index in [1.807, 2.05) is 26.1 Å². The minimum absolute atomic E-state index is 0.0990. The van der Waals surface area contributed by atoms with Crippen molar-refractivity contribution >= 4 is 10.0 Å². The molecule has 0 aliphatic carbocycles. The van der Waals surface area contributed by atoms with Gasteiger partial charge < -0.3 is 5.32 Å². The number of rotatable bonds is 5. The summed E-state index contributed by atoms with van der Waals surface area (Å²) in [7, 11) is -1.49. The minimum atomic E-state index is -3.37. The molecule has 1 N–H and O–H groups in total. The largest absolute Gasteiger partial charge is 0.316 e. The van der Waals surface area contributed by atoms with Crippen LogP contribution in [0.5, 0.6) is 0 Å². The fraction of sp³-hybridized carbons (Fsp3) is 0.600. The van der Waals surface area contributed by atoms with Gasteiger partial charge in [-0.25, -0.2) is 8.42 Å². The van der Waals surface area contributed by atoms with Gasteiger partial charge in [0.2, 0.25) is 10.0 Å². The first kappa shape index (κ1) is 15.5. The van der Waals surface area contributed by atoms with Gasteiger partial charge in [0, 0.05) is 18.6 Å². The van der Waals surface area contributed by atoms with Crippen molar-refractivity contribution in [3.05, 3.63) is 29.8 Å². The molecule has 0 saturated carbocycles. The van der Waals surface area contributed by atoms with E-state index >= 15 is 0 Å². The molecule has 0 aromatic heterocycles. The predicted molar refractivity (Wildman–Crippen MR) is 81.0 cm³/mol. The molecule has 1 aromatic rings. The Morgan fingerprint density at radius 2 is 1.90 bits per heavy atom. The first-order valence-electron chi connectivity index (χ1n) is 7.27. The summed E-state index contributed by atoms with van der Waals surface area (Å²) in [4.78, 5) is 0.407. The normalized spacial score (nSPS) is 24.1. The molecule has 4 nitrogen and oxygen atoms in total. The minimum Gasteiger partial charge on any atom is -0.316 e. The molecule has 1 heterocycles. The average Bonchev–Trinajstić information content (AvgIpc) is 2.81. The summed E-state index contributed by atoms with van der Waals surface area (Å²) in [6.07, 6.45) is 2.80. The summed E-state index contributed by atoms with van der Waals surface area (Å²) >= 11 is 0. The Bertz CT molecular complexity index is 539. The van der Waals surface area contributed by atoms with Crippen molar-refractivity contribution in [2.75, 3.05) is 7.05 Å². The number of sulfonamides is 1. The Morgan fingerprint density at radius 1 is 1.25 bits per heavy atom. The highest BCUT2D eigenvalue weighted by Crippen LogP contribution is 2.32. The van der Waals surface area contributed by atoms with Crippen molar-refractivity contribution in [1.82, 2.24) is 9.62 Å². The van der Waals surface area contributed by atoms with Crippen LogP contribution in [0, 0.1) is 0 Å². The number of hydrogen-bond donors (Lipinski definition) is 1. The van der Waals surface area contributed by atoms with Gasteiger partial charge in [0.05, 0.1) is 4.90 Å². The quantitative estimate of drug-likeness (QED) is 0.907. The maximum atomic E-state index is 12.8. The van der Waals surface area contributed by atoms with Crippen LogP contribution in [0.15, 0.2) is 29.2 Å². The van der Waals surface area contributed by atoms with E-state index in [0.717, 1.165) is 31.4 Å². The van der Waals surface area contributed by atoms with Crippen molar-refractivity contribution in [3.63, 3.8) is 0 Å². The van der Waals surface area contributed by atoms with E-state index in [2.05, 4.69) is 12.2 Å². The molecule has 1 fully saturated rings. The van der Waals surface area contributed by atoms with Gasteiger partial charge in [-0.15, -0.1) is 0 Å². The van der Waals surface area contributed by atoms with Crippen LogP contribution in [0.3, 0.4) is 0 Å². The second kappa shape index (κ2) is 6.24. The molecule has 0 bridgehead atoms. The third-order valence-corrected chi connectivity index (χ3v) is 6.14. The van der Waals surface area contributed by atoms with Crippen LogP contribution < -0.4 is 5.32 Å². The fourth-order valence-electron chi connectivity index (χ4n) is 2.97.